The van der Waals surface area contributed by atoms with Crippen LogP contribution in [0.5, 0.6) is 0 Å². The SMILES string of the molecule is CC/C=C/C=C/OC(=O)[C@@H](OC)c1ccccc1. The third kappa shape index (κ3) is 4.55. The van der Waals surface area contributed by atoms with Crippen molar-refractivity contribution in [3.63, 3.8) is 0 Å². The highest BCUT2D eigenvalue weighted by atomic mass is 16.6. The van der Waals surface area contributed by atoms with Crippen molar-refractivity contribution in [3.05, 3.63) is 60.4 Å². The minimum absolute atomic E-state index is 0.426. The molecule has 0 saturated carbocycles. The summed E-state index contributed by atoms with van der Waals surface area (Å²) in [5, 5.41) is 0. The Morgan fingerprint density at radius 1 is 1.28 bits per heavy atom. The Balaban J connectivity index is 2.58. The van der Waals surface area contributed by atoms with Crippen LogP contribution in [-0.2, 0) is 14.3 Å². The molecular weight excluding hydrogens is 228 g/mol. The largest absolute Gasteiger partial charge is 0.432 e. The Labute approximate surface area is 108 Å². The molecule has 0 heterocycles. The van der Waals surface area contributed by atoms with Gasteiger partial charge in [-0.15, -0.1) is 0 Å². The van der Waals surface area contributed by atoms with Crippen LogP contribution in [-0.4, -0.2) is 13.1 Å². The van der Waals surface area contributed by atoms with E-state index in [2.05, 4.69) is 0 Å². The zero-order valence-corrected chi connectivity index (χ0v) is 10.7. The van der Waals surface area contributed by atoms with Gasteiger partial charge in [0.2, 0.25) is 0 Å². The maximum atomic E-state index is 11.8. The molecular formula is C15H18O3. The normalized spacial score (nSPS) is 13.0. The van der Waals surface area contributed by atoms with Crippen LogP contribution in [0.15, 0.2) is 54.8 Å². The summed E-state index contributed by atoms with van der Waals surface area (Å²) < 4.78 is 10.2. The minimum Gasteiger partial charge on any atom is -0.432 e. The number of benzene rings is 1. The van der Waals surface area contributed by atoms with E-state index in [-0.39, 0.29) is 0 Å². The van der Waals surface area contributed by atoms with E-state index in [9.17, 15) is 4.79 Å². The maximum absolute atomic E-state index is 11.8. The van der Waals surface area contributed by atoms with Crippen LogP contribution >= 0.6 is 0 Å². The number of allylic oxidation sites excluding steroid dienone is 3. The van der Waals surface area contributed by atoms with Crippen LogP contribution in [0.25, 0.3) is 0 Å². The summed E-state index contributed by atoms with van der Waals surface area (Å²) in [7, 11) is 1.49. The quantitative estimate of drug-likeness (QED) is 0.438. The van der Waals surface area contributed by atoms with Gasteiger partial charge in [-0.1, -0.05) is 49.4 Å². The summed E-state index contributed by atoms with van der Waals surface area (Å²) >= 11 is 0. The number of ether oxygens (including phenoxy) is 2. The van der Waals surface area contributed by atoms with Crippen molar-refractivity contribution in [3.8, 4) is 0 Å². The standard InChI is InChI=1S/C15H18O3/c1-3-4-5-9-12-18-15(16)14(17-2)13-10-7-6-8-11-13/h4-12,14H,3H2,1-2H3/b5-4+,12-9+/t14-/m0/s1. The number of rotatable bonds is 6. The van der Waals surface area contributed by atoms with Crippen molar-refractivity contribution in [2.24, 2.45) is 0 Å². The first-order chi connectivity index (χ1) is 8.79. The van der Waals surface area contributed by atoms with E-state index in [0.717, 1.165) is 12.0 Å². The molecule has 1 atom stereocenters. The van der Waals surface area contributed by atoms with Gasteiger partial charge >= 0.3 is 5.97 Å². The van der Waals surface area contributed by atoms with Gasteiger partial charge in [-0.05, 0) is 18.1 Å². The molecule has 1 rings (SSSR count). The van der Waals surface area contributed by atoms with E-state index < -0.39 is 12.1 Å². The number of carbonyl (C=O) groups excluding carboxylic acids is 1. The van der Waals surface area contributed by atoms with Gasteiger partial charge in [0, 0.05) is 7.11 Å². The summed E-state index contributed by atoms with van der Waals surface area (Å²) in [5.41, 5.74) is 0.780. The fourth-order valence-corrected chi connectivity index (χ4v) is 1.42. The van der Waals surface area contributed by atoms with Gasteiger partial charge in [0.15, 0.2) is 6.10 Å². The number of esters is 1. The lowest BCUT2D eigenvalue weighted by Crippen LogP contribution is -2.15. The van der Waals surface area contributed by atoms with Crippen LogP contribution in [0.4, 0.5) is 0 Å². The summed E-state index contributed by atoms with van der Waals surface area (Å²) in [4.78, 5) is 11.8. The van der Waals surface area contributed by atoms with Crippen molar-refractivity contribution < 1.29 is 14.3 Å². The first kappa shape index (κ1) is 14.2. The zero-order valence-electron chi connectivity index (χ0n) is 10.7. The second kappa shape index (κ2) is 8.25. The van der Waals surface area contributed by atoms with Crippen molar-refractivity contribution >= 4 is 5.97 Å². The second-order valence-corrected chi connectivity index (χ2v) is 3.63. The molecule has 0 saturated heterocycles. The van der Waals surface area contributed by atoms with Gasteiger partial charge in [0.1, 0.15) is 0 Å². The fraction of sp³-hybridized carbons (Fsp3) is 0.267. The van der Waals surface area contributed by atoms with E-state index in [1.807, 2.05) is 49.4 Å². The number of hydrogen-bond donors (Lipinski definition) is 0. The maximum Gasteiger partial charge on any atom is 0.344 e. The lowest BCUT2D eigenvalue weighted by atomic mass is 10.1. The average molecular weight is 246 g/mol. The first-order valence-corrected chi connectivity index (χ1v) is 5.89. The van der Waals surface area contributed by atoms with Gasteiger partial charge in [-0.25, -0.2) is 4.79 Å². The molecule has 0 spiro atoms. The lowest BCUT2D eigenvalue weighted by Gasteiger charge is -2.12. The predicted octanol–water partition coefficient (Wildman–Crippen LogP) is 3.40. The van der Waals surface area contributed by atoms with Crippen molar-refractivity contribution in [1.29, 1.82) is 0 Å². The molecule has 3 nitrogen and oxygen atoms in total. The van der Waals surface area contributed by atoms with Crippen molar-refractivity contribution in [2.75, 3.05) is 7.11 Å². The Hall–Kier alpha value is -1.87. The fourth-order valence-electron chi connectivity index (χ4n) is 1.42. The summed E-state index contributed by atoms with van der Waals surface area (Å²) in [6, 6.07) is 9.26. The summed E-state index contributed by atoms with van der Waals surface area (Å²) in [6.07, 6.45) is 7.10. The first-order valence-electron chi connectivity index (χ1n) is 5.89. The molecule has 1 aromatic carbocycles. The molecule has 0 fully saturated rings. The number of hydrogen-bond acceptors (Lipinski definition) is 3. The van der Waals surface area contributed by atoms with E-state index in [4.69, 9.17) is 9.47 Å². The molecule has 0 aliphatic carbocycles. The van der Waals surface area contributed by atoms with Crippen molar-refractivity contribution in [2.45, 2.75) is 19.4 Å². The number of methoxy groups -OCH3 is 1. The molecule has 0 unspecified atom stereocenters. The highest BCUT2D eigenvalue weighted by Crippen LogP contribution is 2.17. The molecule has 0 aliphatic heterocycles. The summed E-state index contributed by atoms with van der Waals surface area (Å²) in [5.74, 6) is -0.426. The molecule has 18 heavy (non-hydrogen) atoms. The molecule has 1 aromatic rings. The number of carbonyl (C=O) groups is 1. The molecule has 96 valence electrons. The van der Waals surface area contributed by atoms with Gasteiger partial charge in [-0.2, -0.15) is 0 Å². The van der Waals surface area contributed by atoms with Crippen LogP contribution in [0.1, 0.15) is 25.0 Å². The monoisotopic (exact) mass is 246 g/mol. The summed E-state index contributed by atoms with van der Waals surface area (Å²) in [6.45, 7) is 2.03. The lowest BCUT2D eigenvalue weighted by molar-refractivity contribution is -0.149. The van der Waals surface area contributed by atoms with Gasteiger partial charge in [0.05, 0.1) is 6.26 Å². The minimum atomic E-state index is -0.689. The van der Waals surface area contributed by atoms with E-state index >= 15 is 0 Å². The van der Waals surface area contributed by atoms with Crippen LogP contribution in [0.3, 0.4) is 0 Å². The molecule has 0 aliphatic rings. The molecule has 0 bridgehead atoms. The molecule has 0 N–H and O–H groups in total. The predicted molar refractivity (Wildman–Crippen MR) is 70.9 cm³/mol. The highest BCUT2D eigenvalue weighted by Gasteiger charge is 2.20. The van der Waals surface area contributed by atoms with E-state index in [1.54, 1.807) is 6.08 Å². The molecule has 3 heteroatoms. The van der Waals surface area contributed by atoms with Crippen LogP contribution < -0.4 is 0 Å². The topological polar surface area (TPSA) is 35.5 Å². The van der Waals surface area contributed by atoms with E-state index in [1.165, 1.54) is 13.4 Å². The smallest absolute Gasteiger partial charge is 0.344 e. The van der Waals surface area contributed by atoms with Crippen LogP contribution in [0.2, 0.25) is 0 Å². The third-order valence-electron chi connectivity index (χ3n) is 2.30. The average Bonchev–Trinajstić information content (AvgIpc) is 2.40. The Bertz CT molecular complexity index is 407. The Morgan fingerprint density at radius 3 is 2.61 bits per heavy atom. The second-order valence-electron chi connectivity index (χ2n) is 3.63. The Morgan fingerprint density at radius 2 is 2.00 bits per heavy atom. The van der Waals surface area contributed by atoms with Crippen LogP contribution in [0, 0.1) is 0 Å². The zero-order chi connectivity index (χ0) is 13.2. The molecule has 0 radical (unpaired) electrons. The Kier molecular flexibility index (Phi) is 6.51. The van der Waals surface area contributed by atoms with Gasteiger partial charge in [0.25, 0.3) is 0 Å². The van der Waals surface area contributed by atoms with Gasteiger partial charge in [-0.3, -0.25) is 0 Å². The van der Waals surface area contributed by atoms with Crippen molar-refractivity contribution in [1.82, 2.24) is 0 Å². The third-order valence-corrected chi connectivity index (χ3v) is 2.30. The molecule has 0 aromatic heterocycles. The van der Waals surface area contributed by atoms with Gasteiger partial charge < -0.3 is 9.47 Å². The van der Waals surface area contributed by atoms with E-state index in [0.29, 0.717) is 0 Å². The highest BCUT2D eigenvalue weighted by molar-refractivity contribution is 5.77. The molecule has 0 amide bonds.